The molecule has 11 heavy (non-hydrogen) atoms. The zero-order valence-electron chi connectivity index (χ0n) is 7.93. The molecule has 1 heterocycles. The van der Waals surface area contributed by atoms with Crippen LogP contribution in [0.4, 0.5) is 0 Å². The molecule has 2 atom stereocenters. The fourth-order valence-electron chi connectivity index (χ4n) is 1.93. The fourth-order valence-corrected chi connectivity index (χ4v) is 1.93. The van der Waals surface area contributed by atoms with E-state index in [1.807, 2.05) is 0 Å². The van der Waals surface area contributed by atoms with E-state index in [1.165, 1.54) is 26.1 Å². The van der Waals surface area contributed by atoms with Gasteiger partial charge < -0.3 is 10.2 Å². The highest BCUT2D eigenvalue weighted by Crippen LogP contribution is 2.15. The summed E-state index contributed by atoms with van der Waals surface area (Å²) >= 11 is 0. The number of likely N-dealkylation sites (N-methyl/N-ethyl adjacent to an activating group) is 2. The van der Waals surface area contributed by atoms with Gasteiger partial charge in [0, 0.05) is 19.1 Å². The molecule has 0 aromatic rings. The largest absolute Gasteiger partial charge is 0.316 e. The van der Waals surface area contributed by atoms with Crippen molar-refractivity contribution in [2.45, 2.75) is 26.3 Å². The number of piperidine rings is 1. The van der Waals surface area contributed by atoms with Gasteiger partial charge in [-0.1, -0.05) is 13.8 Å². The first-order chi connectivity index (χ1) is 5.26. The lowest BCUT2D eigenvalue weighted by atomic mass is 9.96. The van der Waals surface area contributed by atoms with E-state index in [0.717, 1.165) is 12.0 Å². The Hall–Kier alpha value is -0.0800. The second-order valence-corrected chi connectivity index (χ2v) is 3.68. The van der Waals surface area contributed by atoms with E-state index < -0.39 is 0 Å². The predicted octanol–water partition coefficient (Wildman–Crippen LogP) is 0.936. The molecule has 1 aliphatic heterocycles. The van der Waals surface area contributed by atoms with Crippen LogP contribution in [0.2, 0.25) is 0 Å². The molecule has 0 spiro atoms. The minimum atomic E-state index is 0.721. The number of nitrogens with zero attached hydrogens (tertiary/aromatic N) is 1. The summed E-state index contributed by atoms with van der Waals surface area (Å²) in [5.41, 5.74) is 0. The van der Waals surface area contributed by atoms with E-state index in [1.54, 1.807) is 0 Å². The molecule has 66 valence electrons. The van der Waals surface area contributed by atoms with Crippen molar-refractivity contribution in [1.29, 1.82) is 0 Å². The molecule has 2 unspecified atom stereocenters. The predicted molar refractivity (Wildman–Crippen MR) is 48.7 cm³/mol. The molecule has 1 fully saturated rings. The summed E-state index contributed by atoms with van der Waals surface area (Å²) in [4.78, 5) is 2.52. The van der Waals surface area contributed by atoms with Gasteiger partial charge in [-0.15, -0.1) is 0 Å². The molecule has 0 amide bonds. The first-order valence-corrected chi connectivity index (χ1v) is 4.65. The Bertz CT molecular complexity index is 102. The van der Waals surface area contributed by atoms with Crippen LogP contribution in [-0.4, -0.2) is 37.6 Å². The molecular weight excluding hydrogens is 136 g/mol. The standard InChI is InChI=1S/C9H20N2/c1-4-11-6-8(2)5-9(7-11)10-3/h8-10H,4-7H2,1-3H3. The normalized spacial score (nSPS) is 34.1. The zero-order valence-corrected chi connectivity index (χ0v) is 7.93. The van der Waals surface area contributed by atoms with Crippen LogP contribution in [0.3, 0.4) is 0 Å². The average Bonchev–Trinajstić information content (AvgIpc) is 2.03. The smallest absolute Gasteiger partial charge is 0.0195 e. The third-order valence-electron chi connectivity index (χ3n) is 2.59. The van der Waals surface area contributed by atoms with Gasteiger partial charge in [-0.05, 0) is 25.9 Å². The summed E-state index contributed by atoms with van der Waals surface area (Å²) in [5, 5.41) is 3.36. The van der Waals surface area contributed by atoms with Gasteiger partial charge in [0.2, 0.25) is 0 Å². The van der Waals surface area contributed by atoms with Gasteiger partial charge in [0.15, 0.2) is 0 Å². The van der Waals surface area contributed by atoms with Gasteiger partial charge in [-0.25, -0.2) is 0 Å². The van der Waals surface area contributed by atoms with Gasteiger partial charge in [0.25, 0.3) is 0 Å². The van der Waals surface area contributed by atoms with Crippen LogP contribution < -0.4 is 5.32 Å². The van der Waals surface area contributed by atoms with E-state index in [0.29, 0.717) is 0 Å². The molecule has 1 saturated heterocycles. The van der Waals surface area contributed by atoms with Crippen molar-refractivity contribution in [1.82, 2.24) is 10.2 Å². The maximum absolute atomic E-state index is 3.36. The van der Waals surface area contributed by atoms with E-state index in [-0.39, 0.29) is 0 Å². The highest BCUT2D eigenvalue weighted by Gasteiger charge is 2.21. The van der Waals surface area contributed by atoms with Gasteiger partial charge in [-0.3, -0.25) is 0 Å². The van der Waals surface area contributed by atoms with E-state index in [2.05, 4.69) is 31.1 Å². The Kier molecular flexibility index (Phi) is 3.34. The van der Waals surface area contributed by atoms with Crippen molar-refractivity contribution in [2.75, 3.05) is 26.7 Å². The average molecular weight is 156 g/mol. The Morgan fingerprint density at radius 2 is 2.18 bits per heavy atom. The SMILES string of the molecule is CCN1CC(C)CC(NC)C1. The Labute approximate surface area is 70.0 Å². The fraction of sp³-hybridized carbons (Fsp3) is 1.00. The summed E-state index contributed by atoms with van der Waals surface area (Å²) in [6, 6.07) is 0.721. The number of nitrogens with one attached hydrogen (secondary N) is 1. The molecule has 1 N–H and O–H groups in total. The van der Waals surface area contributed by atoms with Crippen molar-refractivity contribution in [3.05, 3.63) is 0 Å². The van der Waals surface area contributed by atoms with Gasteiger partial charge >= 0.3 is 0 Å². The summed E-state index contributed by atoms with van der Waals surface area (Å²) in [6.45, 7) is 8.30. The first kappa shape index (κ1) is 9.01. The van der Waals surface area contributed by atoms with Crippen molar-refractivity contribution < 1.29 is 0 Å². The topological polar surface area (TPSA) is 15.3 Å². The third kappa shape index (κ3) is 2.46. The molecule has 2 heteroatoms. The monoisotopic (exact) mass is 156 g/mol. The second-order valence-electron chi connectivity index (χ2n) is 3.68. The van der Waals surface area contributed by atoms with Crippen molar-refractivity contribution >= 4 is 0 Å². The Morgan fingerprint density at radius 3 is 2.73 bits per heavy atom. The van der Waals surface area contributed by atoms with E-state index in [4.69, 9.17) is 0 Å². The summed E-state index contributed by atoms with van der Waals surface area (Å²) in [6.07, 6.45) is 1.34. The third-order valence-corrected chi connectivity index (χ3v) is 2.59. The van der Waals surface area contributed by atoms with Gasteiger partial charge in [-0.2, -0.15) is 0 Å². The maximum Gasteiger partial charge on any atom is 0.0195 e. The van der Waals surface area contributed by atoms with E-state index in [9.17, 15) is 0 Å². The van der Waals surface area contributed by atoms with Crippen LogP contribution in [0.25, 0.3) is 0 Å². The maximum atomic E-state index is 3.36. The Balaban J connectivity index is 2.37. The molecule has 0 aromatic heterocycles. The number of likely N-dealkylation sites (tertiary alicyclic amines) is 1. The number of rotatable bonds is 2. The molecule has 0 radical (unpaired) electrons. The van der Waals surface area contributed by atoms with Crippen LogP contribution in [0.1, 0.15) is 20.3 Å². The quantitative estimate of drug-likeness (QED) is 0.640. The van der Waals surface area contributed by atoms with Gasteiger partial charge in [0.1, 0.15) is 0 Å². The first-order valence-electron chi connectivity index (χ1n) is 4.65. The molecule has 0 saturated carbocycles. The number of hydrogen-bond acceptors (Lipinski definition) is 2. The molecule has 0 aliphatic carbocycles. The Morgan fingerprint density at radius 1 is 1.45 bits per heavy atom. The van der Waals surface area contributed by atoms with Crippen LogP contribution in [0.5, 0.6) is 0 Å². The summed E-state index contributed by atoms with van der Waals surface area (Å²) in [5.74, 6) is 0.862. The lowest BCUT2D eigenvalue weighted by Crippen LogP contribution is -2.47. The molecule has 0 bridgehead atoms. The highest BCUT2D eigenvalue weighted by atomic mass is 15.2. The van der Waals surface area contributed by atoms with Crippen molar-refractivity contribution in [2.24, 2.45) is 5.92 Å². The molecule has 2 nitrogen and oxygen atoms in total. The minimum absolute atomic E-state index is 0.721. The summed E-state index contributed by atoms with van der Waals surface area (Å²) in [7, 11) is 2.07. The lowest BCUT2D eigenvalue weighted by Gasteiger charge is -2.35. The second kappa shape index (κ2) is 4.07. The zero-order chi connectivity index (χ0) is 8.27. The van der Waals surface area contributed by atoms with E-state index >= 15 is 0 Å². The van der Waals surface area contributed by atoms with Crippen molar-refractivity contribution in [3.63, 3.8) is 0 Å². The minimum Gasteiger partial charge on any atom is -0.316 e. The molecule has 1 aliphatic rings. The molecular formula is C9H20N2. The summed E-state index contributed by atoms with van der Waals surface area (Å²) < 4.78 is 0. The van der Waals surface area contributed by atoms with Crippen LogP contribution in [-0.2, 0) is 0 Å². The van der Waals surface area contributed by atoms with Crippen LogP contribution in [0.15, 0.2) is 0 Å². The van der Waals surface area contributed by atoms with Crippen LogP contribution >= 0.6 is 0 Å². The van der Waals surface area contributed by atoms with Gasteiger partial charge in [0.05, 0.1) is 0 Å². The molecule has 0 aromatic carbocycles. The number of hydrogen-bond donors (Lipinski definition) is 1. The highest BCUT2D eigenvalue weighted by molar-refractivity contribution is 4.79. The molecule has 1 rings (SSSR count). The lowest BCUT2D eigenvalue weighted by molar-refractivity contribution is 0.160. The van der Waals surface area contributed by atoms with Crippen molar-refractivity contribution in [3.8, 4) is 0 Å². The van der Waals surface area contributed by atoms with Crippen LogP contribution in [0, 0.1) is 5.92 Å².